The van der Waals surface area contributed by atoms with Crippen LogP contribution in [0.15, 0.2) is 48.7 Å². The molecule has 0 saturated carbocycles. The Morgan fingerprint density at radius 2 is 1.82 bits per heavy atom. The van der Waals surface area contributed by atoms with Gasteiger partial charge in [0.15, 0.2) is 5.78 Å². The lowest BCUT2D eigenvalue weighted by Crippen LogP contribution is -2.21. The lowest BCUT2D eigenvalue weighted by molar-refractivity contribution is 0.0661. The molecule has 1 aliphatic rings. The molecule has 28 heavy (non-hydrogen) atoms. The van der Waals surface area contributed by atoms with E-state index in [0.717, 1.165) is 43.8 Å². The second-order valence-electron chi connectivity index (χ2n) is 8.76. The zero-order valence-electron chi connectivity index (χ0n) is 16.9. The third-order valence-electron chi connectivity index (χ3n) is 5.56. The fraction of sp³-hybridized carbons (Fsp3) is 0.417. The number of carbonyl (C=O) groups excluding carboxylic acids is 1. The number of ketones is 1. The van der Waals surface area contributed by atoms with E-state index in [0.29, 0.717) is 17.0 Å². The molecular formula is C24H28N2O2. The molecule has 0 bridgehead atoms. The highest BCUT2D eigenvalue weighted by Crippen LogP contribution is 2.30. The summed E-state index contributed by atoms with van der Waals surface area (Å²) < 4.78 is 7.71. The van der Waals surface area contributed by atoms with Crippen molar-refractivity contribution in [1.29, 1.82) is 0 Å². The van der Waals surface area contributed by atoms with Crippen molar-refractivity contribution in [2.75, 3.05) is 13.2 Å². The summed E-state index contributed by atoms with van der Waals surface area (Å²) >= 11 is 0. The Kier molecular flexibility index (Phi) is 5.07. The number of carbonyl (C=O) groups is 1. The van der Waals surface area contributed by atoms with Crippen LogP contribution in [-0.2, 0) is 16.6 Å². The first kappa shape index (κ1) is 18.9. The fourth-order valence-corrected chi connectivity index (χ4v) is 4.01. The molecule has 146 valence electrons. The van der Waals surface area contributed by atoms with Gasteiger partial charge in [0.2, 0.25) is 0 Å². The SMILES string of the molecule is CC(C)(C)c1nc2cc(C(=O)c3ccccc3)ccn2c1CC1CCOCC1. The number of nitrogens with zero attached hydrogens (tertiary/aromatic N) is 2. The number of fused-ring (bicyclic) bond motifs is 1. The van der Waals surface area contributed by atoms with Crippen LogP contribution >= 0.6 is 0 Å². The topological polar surface area (TPSA) is 43.6 Å². The highest BCUT2D eigenvalue weighted by atomic mass is 16.5. The summed E-state index contributed by atoms with van der Waals surface area (Å²) in [6.45, 7) is 8.32. The van der Waals surface area contributed by atoms with E-state index in [2.05, 4.69) is 25.2 Å². The second kappa shape index (κ2) is 7.51. The predicted molar refractivity (Wildman–Crippen MR) is 111 cm³/mol. The van der Waals surface area contributed by atoms with Gasteiger partial charge in [-0.05, 0) is 37.3 Å². The smallest absolute Gasteiger partial charge is 0.193 e. The summed E-state index contributed by atoms with van der Waals surface area (Å²) in [5.74, 6) is 0.662. The lowest BCUT2D eigenvalue weighted by atomic mass is 9.86. The van der Waals surface area contributed by atoms with Crippen molar-refractivity contribution in [3.63, 3.8) is 0 Å². The van der Waals surface area contributed by atoms with Crippen LogP contribution in [0.4, 0.5) is 0 Å². The minimum absolute atomic E-state index is 0.0365. The van der Waals surface area contributed by atoms with Crippen molar-refractivity contribution in [1.82, 2.24) is 9.38 Å². The highest BCUT2D eigenvalue weighted by molar-refractivity contribution is 6.09. The molecule has 4 rings (SSSR count). The standard InChI is InChI=1S/C24H28N2O2/c1-24(2,3)23-20(15-17-10-13-28-14-11-17)26-12-9-19(16-21(26)25-23)22(27)18-7-5-4-6-8-18/h4-9,12,16-17H,10-11,13-15H2,1-3H3. The number of aromatic nitrogens is 2. The van der Waals surface area contributed by atoms with E-state index in [9.17, 15) is 4.79 Å². The minimum Gasteiger partial charge on any atom is -0.381 e. The normalized spacial score (nSPS) is 15.8. The zero-order valence-corrected chi connectivity index (χ0v) is 16.9. The molecule has 0 amide bonds. The fourth-order valence-electron chi connectivity index (χ4n) is 4.01. The third-order valence-corrected chi connectivity index (χ3v) is 5.56. The Morgan fingerprint density at radius 1 is 1.11 bits per heavy atom. The number of pyridine rings is 1. The quantitative estimate of drug-likeness (QED) is 0.613. The molecule has 1 aliphatic heterocycles. The summed E-state index contributed by atoms with van der Waals surface area (Å²) in [6.07, 6.45) is 5.22. The first-order valence-corrected chi connectivity index (χ1v) is 10.1. The van der Waals surface area contributed by atoms with E-state index in [-0.39, 0.29) is 11.2 Å². The molecule has 1 fully saturated rings. The average Bonchev–Trinajstić information content (AvgIpc) is 3.07. The predicted octanol–water partition coefficient (Wildman–Crippen LogP) is 4.83. The van der Waals surface area contributed by atoms with Gasteiger partial charge >= 0.3 is 0 Å². The Labute approximate surface area is 166 Å². The van der Waals surface area contributed by atoms with Gasteiger partial charge in [-0.1, -0.05) is 51.1 Å². The van der Waals surface area contributed by atoms with Gasteiger partial charge in [-0.2, -0.15) is 0 Å². The van der Waals surface area contributed by atoms with Crippen LogP contribution in [0.25, 0.3) is 5.65 Å². The molecule has 2 aromatic heterocycles. The Hall–Kier alpha value is -2.46. The Balaban J connectivity index is 1.74. The van der Waals surface area contributed by atoms with Crippen molar-refractivity contribution < 1.29 is 9.53 Å². The van der Waals surface area contributed by atoms with Gasteiger partial charge in [0.05, 0.1) is 5.69 Å². The van der Waals surface area contributed by atoms with Gasteiger partial charge in [0, 0.05) is 41.6 Å². The largest absolute Gasteiger partial charge is 0.381 e. The number of hydrogen-bond acceptors (Lipinski definition) is 3. The summed E-state index contributed by atoms with van der Waals surface area (Å²) in [5.41, 5.74) is 4.60. The maximum Gasteiger partial charge on any atom is 0.193 e. The van der Waals surface area contributed by atoms with Gasteiger partial charge in [-0.15, -0.1) is 0 Å². The van der Waals surface area contributed by atoms with Gasteiger partial charge in [0.1, 0.15) is 5.65 Å². The molecule has 0 radical (unpaired) electrons. The van der Waals surface area contributed by atoms with E-state index in [1.165, 1.54) is 5.69 Å². The maximum atomic E-state index is 12.8. The van der Waals surface area contributed by atoms with Crippen LogP contribution in [0.3, 0.4) is 0 Å². The summed E-state index contributed by atoms with van der Waals surface area (Å²) in [6, 6.07) is 13.3. The summed E-state index contributed by atoms with van der Waals surface area (Å²) in [4.78, 5) is 17.8. The number of ether oxygens (including phenoxy) is 1. The molecule has 4 heteroatoms. The van der Waals surface area contributed by atoms with Crippen molar-refractivity contribution in [3.8, 4) is 0 Å². The van der Waals surface area contributed by atoms with Crippen LogP contribution in [0.1, 0.15) is 60.9 Å². The molecule has 4 nitrogen and oxygen atoms in total. The maximum absolute atomic E-state index is 12.8. The molecule has 0 unspecified atom stereocenters. The molecule has 0 aliphatic carbocycles. The Bertz CT molecular complexity index is 977. The first-order valence-electron chi connectivity index (χ1n) is 10.1. The minimum atomic E-state index is -0.0455. The van der Waals surface area contributed by atoms with Gasteiger partial charge in [0.25, 0.3) is 0 Å². The molecule has 0 atom stereocenters. The number of imidazole rings is 1. The summed E-state index contributed by atoms with van der Waals surface area (Å²) in [7, 11) is 0. The third kappa shape index (κ3) is 3.74. The molecule has 1 aromatic carbocycles. The van der Waals surface area contributed by atoms with Gasteiger partial charge in [-0.3, -0.25) is 4.79 Å². The number of rotatable bonds is 4. The molecule has 3 aromatic rings. The van der Waals surface area contributed by atoms with Gasteiger partial charge < -0.3 is 9.14 Å². The molecule has 0 spiro atoms. The highest BCUT2D eigenvalue weighted by Gasteiger charge is 2.27. The molecule has 0 N–H and O–H groups in total. The van der Waals surface area contributed by atoms with Gasteiger partial charge in [-0.25, -0.2) is 4.98 Å². The van der Waals surface area contributed by atoms with Crippen LogP contribution in [0.2, 0.25) is 0 Å². The van der Waals surface area contributed by atoms with Crippen LogP contribution in [0.5, 0.6) is 0 Å². The summed E-state index contributed by atoms with van der Waals surface area (Å²) in [5, 5.41) is 0. The lowest BCUT2D eigenvalue weighted by Gasteiger charge is -2.24. The van der Waals surface area contributed by atoms with E-state index < -0.39 is 0 Å². The van der Waals surface area contributed by atoms with Crippen molar-refractivity contribution >= 4 is 11.4 Å². The van der Waals surface area contributed by atoms with Crippen molar-refractivity contribution in [2.45, 2.75) is 45.4 Å². The first-order chi connectivity index (χ1) is 13.4. The monoisotopic (exact) mass is 376 g/mol. The van der Waals surface area contributed by atoms with Crippen LogP contribution < -0.4 is 0 Å². The zero-order chi connectivity index (χ0) is 19.7. The van der Waals surface area contributed by atoms with Crippen LogP contribution in [-0.4, -0.2) is 28.4 Å². The molecule has 3 heterocycles. The average molecular weight is 377 g/mol. The van der Waals surface area contributed by atoms with Crippen molar-refractivity contribution in [3.05, 3.63) is 71.2 Å². The second-order valence-corrected chi connectivity index (χ2v) is 8.76. The number of hydrogen-bond donors (Lipinski definition) is 0. The molecular weight excluding hydrogens is 348 g/mol. The Morgan fingerprint density at radius 3 is 2.50 bits per heavy atom. The molecule has 1 saturated heterocycles. The van der Waals surface area contributed by atoms with Crippen LogP contribution in [0, 0.1) is 5.92 Å². The van der Waals surface area contributed by atoms with E-state index >= 15 is 0 Å². The van der Waals surface area contributed by atoms with E-state index in [4.69, 9.17) is 9.72 Å². The van der Waals surface area contributed by atoms with E-state index in [1.807, 2.05) is 48.7 Å². The van der Waals surface area contributed by atoms with E-state index in [1.54, 1.807) is 0 Å². The van der Waals surface area contributed by atoms with Crippen molar-refractivity contribution in [2.24, 2.45) is 5.92 Å². The number of benzene rings is 1.